The zero-order valence-corrected chi connectivity index (χ0v) is 15.7. The van der Waals surface area contributed by atoms with Gasteiger partial charge in [0.05, 0.1) is 34.8 Å². The van der Waals surface area contributed by atoms with Crippen molar-refractivity contribution in [3.8, 4) is 0 Å². The minimum atomic E-state index is -0.329. The molecular formula is C19H20ClFN6. The lowest BCUT2D eigenvalue weighted by Crippen LogP contribution is -2.49. The van der Waals surface area contributed by atoms with Crippen LogP contribution in [-0.2, 0) is 6.54 Å². The van der Waals surface area contributed by atoms with Crippen LogP contribution in [0.15, 0.2) is 36.9 Å². The lowest BCUT2D eigenvalue weighted by atomic mass is 10.1. The van der Waals surface area contributed by atoms with E-state index >= 15 is 0 Å². The topological polar surface area (TPSA) is 66.0 Å². The van der Waals surface area contributed by atoms with Crippen molar-refractivity contribution in [1.29, 1.82) is 0 Å². The van der Waals surface area contributed by atoms with Crippen LogP contribution >= 0.6 is 11.6 Å². The maximum Gasteiger partial charge on any atom is 0.166 e. The number of rotatable bonds is 4. The summed E-state index contributed by atoms with van der Waals surface area (Å²) in [5, 5.41) is 7.26. The first kappa shape index (κ1) is 17.9. The van der Waals surface area contributed by atoms with E-state index in [2.05, 4.69) is 32.5 Å². The average Bonchev–Trinajstić information content (AvgIpc) is 2.66. The van der Waals surface area contributed by atoms with Gasteiger partial charge in [0.1, 0.15) is 0 Å². The number of hydrogen-bond acceptors (Lipinski definition) is 6. The number of nitrogens with one attached hydrogen (secondary N) is 2. The normalized spacial score (nSPS) is 17.3. The van der Waals surface area contributed by atoms with Crippen molar-refractivity contribution in [3.05, 3.63) is 53.3 Å². The Balaban J connectivity index is 1.60. The van der Waals surface area contributed by atoms with E-state index in [4.69, 9.17) is 11.6 Å². The van der Waals surface area contributed by atoms with Gasteiger partial charge in [-0.3, -0.25) is 15.0 Å². The van der Waals surface area contributed by atoms with Crippen LogP contribution in [0, 0.1) is 5.82 Å². The molecule has 1 saturated heterocycles. The Morgan fingerprint density at radius 2 is 2.04 bits per heavy atom. The van der Waals surface area contributed by atoms with Gasteiger partial charge in [-0.15, -0.1) is 0 Å². The summed E-state index contributed by atoms with van der Waals surface area (Å²) in [7, 11) is 0. The summed E-state index contributed by atoms with van der Waals surface area (Å²) in [4.78, 5) is 14.6. The van der Waals surface area contributed by atoms with Crippen LogP contribution in [0.25, 0.3) is 11.0 Å². The third kappa shape index (κ3) is 3.79. The van der Waals surface area contributed by atoms with Crippen LogP contribution < -0.4 is 15.5 Å². The zero-order valence-electron chi connectivity index (χ0n) is 14.9. The molecule has 27 heavy (non-hydrogen) atoms. The van der Waals surface area contributed by atoms with Gasteiger partial charge in [-0.1, -0.05) is 11.6 Å². The van der Waals surface area contributed by atoms with E-state index in [1.54, 1.807) is 24.7 Å². The second kappa shape index (κ2) is 7.62. The molecule has 0 saturated carbocycles. The maximum absolute atomic E-state index is 14.6. The second-order valence-electron chi connectivity index (χ2n) is 6.66. The number of pyridine rings is 1. The molecule has 6 nitrogen and oxygen atoms in total. The maximum atomic E-state index is 14.6. The third-order valence-electron chi connectivity index (χ3n) is 4.66. The van der Waals surface area contributed by atoms with E-state index in [0.717, 1.165) is 36.2 Å². The Hall–Kier alpha value is -2.51. The molecule has 0 amide bonds. The molecule has 1 aliphatic heterocycles. The Labute approximate surface area is 161 Å². The average molecular weight is 387 g/mol. The van der Waals surface area contributed by atoms with Crippen molar-refractivity contribution in [2.75, 3.05) is 29.9 Å². The molecule has 140 valence electrons. The zero-order chi connectivity index (χ0) is 18.8. The van der Waals surface area contributed by atoms with E-state index in [1.807, 2.05) is 11.0 Å². The summed E-state index contributed by atoms with van der Waals surface area (Å²) >= 11 is 6.39. The van der Waals surface area contributed by atoms with E-state index in [0.29, 0.717) is 29.0 Å². The second-order valence-corrected chi connectivity index (χ2v) is 7.07. The van der Waals surface area contributed by atoms with Gasteiger partial charge in [0, 0.05) is 49.6 Å². The van der Waals surface area contributed by atoms with Crippen molar-refractivity contribution < 1.29 is 4.39 Å². The number of benzene rings is 1. The summed E-state index contributed by atoms with van der Waals surface area (Å²) in [6.45, 7) is 4.82. The first-order chi connectivity index (χ1) is 13.1. The fourth-order valence-electron chi connectivity index (χ4n) is 3.37. The summed E-state index contributed by atoms with van der Waals surface area (Å²) in [5.41, 5.74) is 3.59. The van der Waals surface area contributed by atoms with Crippen LogP contribution in [0.2, 0.25) is 5.02 Å². The third-order valence-corrected chi connectivity index (χ3v) is 5.02. The number of aromatic nitrogens is 3. The Bertz CT molecular complexity index is 966. The fraction of sp³-hybridized carbons (Fsp3) is 0.316. The van der Waals surface area contributed by atoms with Crippen LogP contribution in [0.4, 0.5) is 15.8 Å². The van der Waals surface area contributed by atoms with Gasteiger partial charge in [0.15, 0.2) is 5.82 Å². The van der Waals surface area contributed by atoms with Gasteiger partial charge in [0.25, 0.3) is 0 Å². The summed E-state index contributed by atoms with van der Waals surface area (Å²) in [6, 6.07) is 3.99. The monoisotopic (exact) mass is 386 g/mol. The molecule has 3 aromatic rings. The molecule has 1 aliphatic rings. The lowest BCUT2D eigenvalue weighted by molar-refractivity contribution is 0.478. The van der Waals surface area contributed by atoms with Crippen LogP contribution in [0.3, 0.4) is 0 Å². The predicted octanol–water partition coefficient (Wildman–Crippen LogP) is 3.23. The molecule has 0 bridgehead atoms. The van der Waals surface area contributed by atoms with Crippen molar-refractivity contribution in [2.24, 2.45) is 0 Å². The predicted molar refractivity (Wildman–Crippen MR) is 106 cm³/mol. The number of hydrogen-bond donors (Lipinski definition) is 2. The quantitative estimate of drug-likeness (QED) is 0.717. The Kier molecular flexibility index (Phi) is 5.05. The van der Waals surface area contributed by atoms with Crippen LogP contribution in [-0.4, -0.2) is 40.6 Å². The SMILES string of the molecule is CC1CN(c2c(F)cncc2NCc2cc3nccnc3cc2Cl)CCN1. The summed E-state index contributed by atoms with van der Waals surface area (Å²) < 4.78 is 14.6. The molecule has 0 radical (unpaired) electrons. The number of anilines is 2. The highest BCUT2D eigenvalue weighted by atomic mass is 35.5. The number of halogens is 2. The van der Waals surface area contributed by atoms with Crippen LogP contribution in [0.1, 0.15) is 12.5 Å². The van der Waals surface area contributed by atoms with Gasteiger partial charge in [-0.05, 0) is 24.6 Å². The van der Waals surface area contributed by atoms with Crippen molar-refractivity contribution in [3.63, 3.8) is 0 Å². The van der Waals surface area contributed by atoms with Crippen molar-refractivity contribution in [2.45, 2.75) is 19.5 Å². The number of fused-ring (bicyclic) bond motifs is 1. The Morgan fingerprint density at radius 1 is 1.26 bits per heavy atom. The van der Waals surface area contributed by atoms with Gasteiger partial charge in [0.2, 0.25) is 0 Å². The van der Waals surface area contributed by atoms with Crippen LogP contribution in [0.5, 0.6) is 0 Å². The molecule has 4 rings (SSSR count). The fourth-order valence-corrected chi connectivity index (χ4v) is 3.59. The molecule has 8 heteroatoms. The highest BCUT2D eigenvalue weighted by Gasteiger charge is 2.22. The number of piperazine rings is 1. The van der Waals surface area contributed by atoms with E-state index in [9.17, 15) is 4.39 Å². The molecule has 1 atom stereocenters. The highest BCUT2D eigenvalue weighted by molar-refractivity contribution is 6.32. The molecule has 1 unspecified atom stereocenters. The molecule has 0 spiro atoms. The highest BCUT2D eigenvalue weighted by Crippen LogP contribution is 2.30. The molecular weight excluding hydrogens is 367 g/mol. The van der Waals surface area contributed by atoms with E-state index in [1.165, 1.54) is 6.20 Å². The summed E-state index contributed by atoms with van der Waals surface area (Å²) in [6.07, 6.45) is 6.19. The van der Waals surface area contributed by atoms with E-state index in [-0.39, 0.29) is 5.82 Å². The molecule has 2 N–H and O–H groups in total. The minimum Gasteiger partial charge on any atom is -0.378 e. The molecule has 1 aromatic carbocycles. The van der Waals surface area contributed by atoms with Gasteiger partial charge >= 0.3 is 0 Å². The molecule has 1 fully saturated rings. The first-order valence-corrected chi connectivity index (χ1v) is 9.24. The van der Waals surface area contributed by atoms with Crippen molar-refractivity contribution >= 4 is 34.0 Å². The van der Waals surface area contributed by atoms with Gasteiger partial charge in [-0.2, -0.15) is 0 Å². The largest absolute Gasteiger partial charge is 0.378 e. The Morgan fingerprint density at radius 3 is 2.81 bits per heavy atom. The minimum absolute atomic E-state index is 0.299. The molecule has 0 aliphatic carbocycles. The van der Waals surface area contributed by atoms with E-state index < -0.39 is 0 Å². The smallest absolute Gasteiger partial charge is 0.166 e. The molecule has 3 heterocycles. The summed E-state index contributed by atoms with van der Waals surface area (Å²) in [5.74, 6) is -0.329. The van der Waals surface area contributed by atoms with Crippen molar-refractivity contribution in [1.82, 2.24) is 20.3 Å². The first-order valence-electron chi connectivity index (χ1n) is 8.86. The number of nitrogens with zero attached hydrogens (tertiary/aromatic N) is 4. The van der Waals surface area contributed by atoms with Gasteiger partial charge < -0.3 is 15.5 Å². The standard InChI is InChI=1S/C19H20ClFN6/c1-12-11-27(5-4-23-12)19-15(21)9-22-10-18(19)26-8-13-6-16-17(7-14(13)20)25-3-2-24-16/h2-3,6-7,9-10,12,23,26H,4-5,8,11H2,1H3. The lowest BCUT2D eigenvalue weighted by Gasteiger charge is -2.34. The molecule has 2 aromatic heterocycles. The van der Waals surface area contributed by atoms with Gasteiger partial charge in [-0.25, -0.2) is 4.39 Å².